The Morgan fingerprint density at radius 3 is 2.89 bits per heavy atom. The highest BCUT2D eigenvalue weighted by molar-refractivity contribution is 5.82. The Morgan fingerprint density at radius 1 is 1.42 bits per heavy atom. The van der Waals surface area contributed by atoms with Crippen molar-refractivity contribution in [3.63, 3.8) is 0 Å². The zero-order valence-corrected chi connectivity index (χ0v) is 10.3. The van der Waals surface area contributed by atoms with Crippen molar-refractivity contribution < 1.29 is 14.8 Å². The molecule has 2 aliphatic rings. The van der Waals surface area contributed by atoms with Gasteiger partial charge in [0.15, 0.2) is 0 Å². The summed E-state index contributed by atoms with van der Waals surface area (Å²) in [6.07, 6.45) is 1.09. The maximum atomic E-state index is 12.1. The molecule has 1 saturated carbocycles. The maximum absolute atomic E-state index is 12.1. The highest BCUT2D eigenvalue weighted by atomic mass is 16.6. The lowest BCUT2D eigenvalue weighted by atomic mass is 9.99. The number of aromatic hydroxyl groups is 1. The van der Waals surface area contributed by atoms with E-state index in [0.29, 0.717) is 19.5 Å². The molecular formula is C13H14N2O4. The number of phenols is 1. The van der Waals surface area contributed by atoms with Gasteiger partial charge in [-0.2, -0.15) is 0 Å². The average molecular weight is 262 g/mol. The molecule has 3 rings (SSSR count). The van der Waals surface area contributed by atoms with Crippen LogP contribution >= 0.6 is 0 Å². The van der Waals surface area contributed by atoms with Gasteiger partial charge >= 0.3 is 0 Å². The first-order chi connectivity index (χ1) is 9.06. The van der Waals surface area contributed by atoms with E-state index in [2.05, 4.69) is 0 Å². The number of hydrogen-bond donors (Lipinski definition) is 1. The molecule has 1 heterocycles. The molecule has 6 heteroatoms. The fraction of sp³-hybridized carbons (Fsp3) is 0.462. The molecule has 100 valence electrons. The quantitative estimate of drug-likeness (QED) is 0.635. The minimum absolute atomic E-state index is 0.129. The summed E-state index contributed by atoms with van der Waals surface area (Å²) in [5.74, 6) is -0.396. The van der Waals surface area contributed by atoms with Crippen molar-refractivity contribution in [2.24, 2.45) is 5.92 Å². The summed E-state index contributed by atoms with van der Waals surface area (Å²) in [5.41, 5.74) is 2.06. The number of carbonyl (C=O) groups excluding carboxylic acids is 1. The SMILES string of the molecule is O=C([C@@H]1C[C@H]1[N+](=O)[O-])N1CCc2ccc(O)cc2C1. The number of nitro groups is 1. The zero-order valence-electron chi connectivity index (χ0n) is 10.3. The van der Waals surface area contributed by atoms with Crippen LogP contribution < -0.4 is 0 Å². The second kappa shape index (κ2) is 4.22. The van der Waals surface area contributed by atoms with Gasteiger partial charge in [-0.1, -0.05) is 6.07 Å². The summed E-state index contributed by atoms with van der Waals surface area (Å²) in [6.45, 7) is 1.03. The first-order valence-electron chi connectivity index (χ1n) is 6.29. The van der Waals surface area contributed by atoms with E-state index in [4.69, 9.17) is 0 Å². The van der Waals surface area contributed by atoms with Gasteiger partial charge < -0.3 is 10.0 Å². The number of phenolic OH excluding ortho intramolecular Hbond substituents is 1. The van der Waals surface area contributed by atoms with Crippen molar-refractivity contribution >= 4 is 5.91 Å². The molecule has 0 saturated heterocycles. The second-order valence-electron chi connectivity index (χ2n) is 5.16. The summed E-state index contributed by atoms with van der Waals surface area (Å²) < 4.78 is 0. The smallest absolute Gasteiger partial charge is 0.233 e. The number of hydrogen-bond acceptors (Lipinski definition) is 4. The van der Waals surface area contributed by atoms with Crippen LogP contribution in [0.4, 0.5) is 0 Å². The van der Waals surface area contributed by atoms with Crippen LogP contribution in [0.15, 0.2) is 18.2 Å². The Bertz CT molecular complexity index is 558. The van der Waals surface area contributed by atoms with Crippen molar-refractivity contribution in [1.29, 1.82) is 0 Å². The third kappa shape index (κ3) is 2.14. The third-order valence-corrected chi connectivity index (χ3v) is 3.86. The molecule has 6 nitrogen and oxygen atoms in total. The van der Waals surface area contributed by atoms with E-state index in [1.54, 1.807) is 17.0 Å². The van der Waals surface area contributed by atoms with Crippen molar-refractivity contribution in [1.82, 2.24) is 4.90 Å². The molecule has 1 aromatic rings. The molecule has 0 aromatic heterocycles. The zero-order chi connectivity index (χ0) is 13.6. The number of amides is 1. The fourth-order valence-corrected chi connectivity index (χ4v) is 2.65. The van der Waals surface area contributed by atoms with E-state index in [-0.39, 0.29) is 16.6 Å². The van der Waals surface area contributed by atoms with Gasteiger partial charge in [-0.25, -0.2) is 0 Å². The predicted octanol–water partition coefficient (Wildman–Crippen LogP) is 0.942. The third-order valence-electron chi connectivity index (χ3n) is 3.86. The van der Waals surface area contributed by atoms with Gasteiger partial charge in [-0.3, -0.25) is 14.9 Å². The standard InChI is InChI=1S/C13H14N2O4/c16-10-2-1-8-3-4-14(7-9(8)5-10)13(17)11-6-12(11)15(18)19/h1-2,5,11-12,16H,3-4,6-7H2/t11-,12-/m1/s1. The molecule has 0 radical (unpaired) electrons. The van der Waals surface area contributed by atoms with Crippen molar-refractivity contribution in [3.8, 4) is 5.75 Å². The molecule has 19 heavy (non-hydrogen) atoms. The van der Waals surface area contributed by atoms with Gasteiger partial charge in [0.2, 0.25) is 11.9 Å². The molecular weight excluding hydrogens is 248 g/mol. The summed E-state index contributed by atoms with van der Waals surface area (Å²) >= 11 is 0. The first kappa shape index (κ1) is 12.0. The van der Waals surface area contributed by atoms with Gasteiger partial charge in [0, 0.05) is 24.4 Å². The van der Waals surface area contributed by atoms with Crippen molar-refractivity contribution in [2.75, 3.05) is 6.54 Å². The molecule has 1 aliphatic heterocycles. The highest BCUT2D eigenvalue weighted by Gasteiger charge is 2.54. The highest BCUT2D eigenvalue weighted by Crippen LogP contribution is 2.36. The number of nitrogens with zero attached hydrogens (tertiary/aromatic N) is 2. The van der Waals surface area contributed by atoms with Crippen LogP contribution in [0.3, 0.4) is 0 Å². The molecule has 1 aliphatic carbocycles. The molecule has 0 unspecified atom stereocenters. The van der Waals surface area contributed by atoms with E-state index >= 15 is 0 Å². The minimum atomic E-state index is -0.696. The number of rotatable bonds is 2. The van der Waals surface area contributed by atoms with E-state index in [1.165, 1.54) is 0 Å². The van der Waals surface area contributed by atoms with Crippen LogP contribution in [0.5, 0.6) is 5.75 Å². The summed E-state index contributed by atoms with van der Waals surface area (Å²) in [4.78, 5) is 24.0. The first-order valence-corrected chi connectivity index (χ1v) is 6.29. The largest absolute Gasteiger partial charge is 0.508 e. The van der Waals surface area contributed by atoms with Gasteiger partial charge in [-0.05, 0) is 29.7 Å². The lowest BCUT2D eigenvalue weighted by molar-refractivity contribution is -0.497. The van der Waals surface area contributed by atoms with Crippen LogP contribution in [-0.4, -0.2) is 33.4 Å². The van der Waals surface area contributed by atoms with Gasteiger partial charge in [0.1, 0.15) is 11.7 Å². The molecule has 1 N–H and O–H groups in total. The molecule has 2 atom stereocenters. The van der Waals surface area contributed by atoms with Crippen LogP contribution in [-0.2, 0) is 17.8 Å². The van der Waals surface area contributed by atoms with Gasteiger partial charge in [0.05, 0.1) is 0 Å². The molecule has 0 spiro atoms. The molecule has 1 fully saturated rings. The van der Waals surface area contributed by atoms with Crippen molar-refractivity contribution in [3.05, 3.63) is 39.4 Å². The number of carbonyl (C=O) groups is 1. The fourth-order valence-electron chi connectivity index (χ4n) is 2.65. The summed E-state index contributed by atoms with van der Waals surface area (Å²) in [7, 11) is 0. The summed E-state index contributed by atoms with van der Waals surface area (Å²) in [5, 5.41) is 20.1. The number of benzene rings is 1. The van der Waals surface area contributed by atoms with Gasteiger partial charge in [0.25, 0.3) is 0 Å². The summed E-state index contributed by atoms with van der Waals surface area (Å²) in [6, 6.07) is 4.47. The molecule has 1 aromatic carbocycles. The predicted molar refractivity (Wildman–Crippen MR) is 66.1 cm³/mol. The van der Waals surface area contributed by atoms with Crippen molar-refractivity contribution in [2.45, 2.75) is 25.4 Å². The van der Waals surface area contributed by atoms with Crippen LogP contribution in [0.2, 0.25) is 0 Å². The Balaban J connectivity index is 1.72. The maximum Gasteiger partial charge on any atom is 0.233 e. The molecule has 0 bridgehead atoms. The average Bonchev–Trinajstić information content (AvgIpc) is 3.17. The van der Waals surface area contributed by atoms with E-state index in [0.717, 1.165) is 17.5 Å². The van der Waals surface area contributed by atoms with Crippen LogP contribution in [0.1, 0.15) is 17.5 Å². The second-order valence-corrected chi connectivity index (χ2v) is 5.16. The van der Waals surface area contributed by atoms with E-state index < -0.39 is 12.0 Å². The minimum Gasteiger partial charge on any atom is -0.508 e. The van der Waals surface area contributed by atoms with Gasteiger partial charge in [-0.15, -0.1) is 0 Å². The Morgan fingerprint density at radius 2 is 2.21 bits per heavy atom. The number of fused-ring (bicyclic) bond motifs is 1. The normalized spacial score (nSPS) is 24.7. The lowest BCUT2D eigenvalue weighted by Gasteiger charge is -2.28. The Hall–Kier alpha value is -2.11. The van der Waals surface area contributed by atoms with Crippen LogP contribution in [0, 0.1) is 16.0 Å². The van der Waals surface area contributed by atoms with E-state index in [1.807, 2.05) is 6.07 Å². The topological polar surface area (TPSA) is 83.7 Å². The lowest BCUT2D eigenvalue weighted by Crippen LogP contribution is -2.37. The monoisotopic (exact) mass is 262 g/mol. The van der Waals surface area contributed by atoms with Crippen LogP contribution in [0.25, 0.3) is 0 Å². The van der Waals surface area contributed by atoms with E-state index in [9.17, 15) is 20.0 Å². The Labute approximate surface area is 109 Å². The molecule has 1 amide bonds. The Kier molecular flexibility index (Phi) is 2.66.